The standard InChI is InChI=1S/C16H34N4/c1-15(2)5-4-6-16(3)7-9-18-11-13-20-14-12-19-10-8-17/h5,7,18-20H,4,6,8-14,17H2,1-3H3/b16-7+. The van der Waals surface area contributed by atoms with E-state index in [1.54, 1.807) is 0 Å². The molecule has 20 heavy (non-hydrogen) atoms. The molecule has 5 N–H and O–H groups in total. The van der Waals surface area contributed by atoms with Gasteiger partial charge in [0.25, 0.3) is 0 Å². The minimum Gasteiger partial charge on any atom is -0.329 e. The Morgan fingerprint density at radius 1 is 0.850 bits per heavy atom. The Bertz CT molecular complexity index is 268. The molecule has 0 rings (SSSR count). The highest BCUT2D eigenvalue weighted by atomic mass is 15.0. The van der Waals surface area contributed by atoms with E-state index in [2.05, 4.69) is 48.9 Å². The van der Waals surface area contributed by atoms with Crippen LogP contribution in [0.4, 0.5) is 0 Å². The maximum atomic E-state index is 5.39. The zero-order valence-corrected chi connectivity index (χ0v) is 13.6. The van der Waals surface area contributed by atoms with Crippen molar-refractivity contribution in [2.45, 2.75) is 33.6 Å². The number of allylic oxidation sites excluding steroid dienone is 3. The van der Waals surface area contributed by atoms with Crippen LogP contribution >= 0.6 is 0 Å². The van der Waals surface area contributed by atoms with Gasteiger partial charge in [0.05, 0.1) is 0 Å². The molecule has 0 aromatic heterocycles. The summed E-state index contributed by atoms with van der Waals surface area (Å²) >= 11 is 0. The third-order valence-corrected chi connectivity index (χ3v) is 2.96. The molecule has 4 heteroatoms. The summed E-state index contributed by atoms with van der Waals surface area (Å²) in [6, 6.07) is 0. The second kappa shape index (κ2) is 14.7. The van der Waals surface area contributed by atoms with Gasteiger partial charge < -0.3 is 21.7 Å². The number of hydrogen-bond donors (Lipinski definition) is 4. The molecule has 0 unspecified atom stereocenters. The van der Waals surface area contributed by atoms with Crippen molar-refractivity contribution in [3.05, 3.63) is 23.3 Å². The minimum absolute atomic E-state index is 0.709. The van der Waals surface area contributed by atoms with E-state index >= 15 is 0 Å². The van der Waals surface area contributed by atoms with Gasteiger partial charge in [0.2, 0.25) is 0 Å². The Morgan fingerprint density at radius 2 is 1.45 bits per heavy atom. The average Bonchev–Trinajstić information content (AvgIpc) is 2.40. The average molecular weight is 282 g/mol. The Balaban J connectivity index is 3.31. The fraction of sp³-hybridized carbons (Fsp3) is 0.750. The van der Waals surface area contributed by atoms with E-state index < -0.39 is 0 Å². The van der Waals surface area contributed by atoms with Gasteiger partial charge in [-0.1, -0.05) is 23.3 Å². The summed E-state index contributed by atoms with van der Waals surface area (Å²) in [7, 11) is 0. The molecule has 0 amide bonds. The van der Waals surface area contributed by atoms with E-state index in [9.17, 15) is 0 Å². The van der Waals surface area contributed by atoms with Gasteiger partial charge in [0.1, 0.15) is 0 Å². The normalized spacial score (nSPS) is 11.7. The Labute approximate surface area is 125 Å². The first-order valence-corrected chi connectivity index (χ1v) is 7.78. The van der Waals surface area contributed by atoms with Crippen LogP contribution in [0.1, 0.15) is 33.6 Å². The van der Waals surface area contributed by atoms with Crippen LogP contribution < -0.4 is 21.7 Å². The van der Waals surface area contributed by atoms with E-state index in [4.69, 9.17) is 5.73 Å². The molecule has 4 nitrogen and oxygen atoms in total. The predicted molar refractivity (Wildman–Crippen MR) is 90.1 cm³/mol. The Hall–Kier alpha value is -0.680. The van der Waals surface area contributed by atoms with Gasteiger partial charge in [-0.25, -0.2) is 0 Å². The van der Waals surface area contributed by atoms with Crippen molar-refractivity contribution in [1.29, 1.82) is 0 Å². The van der Waals surface area contributed by atoms with Crippen LogP contribution in [0, 0.1) is 0 Å². The molecule has 118 valence electrons. The zero-order chi connectivity index (χ0) is 15.1. The van der Waals surface area contributed by atoms with Gasteiger partial charge >= 0.3 is 0 Å². The van der Waals surface area contributed by atoms with Gasteiger partial charge in [-0.15, -0.1) is 0 Å². The van der Waals surface area contributed by atoms with Gasteiger partial charge in [-0.05, 0) is 33.6 Å². The van der Waals surface area contributed by atoms with Crippen molar-refractivity contribution in [3.63, 3.8) is 0 Å². The monoisotopic (exact) mass is 282 g/mol. The van der Waals surface area contributed by atoms with E-state index in [0.29, 0.717) is 6.54 Å². The Kier molecular flexibility index (Phi) is 14.2. The van der Waals surface area contributed by atoms with Gasteiger partial charge in [-0.2, -0.15) is 0 Å². The smallest absolute Gasteiger partial charge is 0.0137 e. The molecular formula is C16H34N4. The van der Waals surface area contributed by atoms with Crippen molar-refractivity contribution in [1.82, 2.24) is 16.0 Å². The highest BCUT2D eigenvalue weighted by Crippen LogP contribution is 2.05. The lowest BCUT2D eigenvalue weighted by molar-refractivity contribution is 0.595. The second-order valence-electron chi connectivity index (χ2n) is 5.36. The molecular weight excluding hydrogens is 248 g/mol. The van der Waals surface area contributed by atoms with Crippen LogP contribution in [0.25, 0.3) is 0 Å². The van der Waals surface area contributed by atoms with Crippen LogP contribution in [0.5, 0.6) is 0 Å². The summed E-state index contributed by atoms with van der Waals surface area (Å²) in [5.74, 6) is 0. The van der Waals surface area contributed by atoms with Crippen molar-refractivity contribution in [2.24, 2.45) is 5.73 Å². The largest absolute Gasteiger partial charge is 0.329 e. The van der Waals surface area contributed by atoms with E-state index in [1.165, 1.54) is 11.1 Å². The Morgan fingerprint density at radius 3 is 2.05 bits per heavy atom. The number of nitrogens with two attached hydrogens (primary N) is 1. The maximum absolute atomic E-state index is 5.39. The highest BCUT2D eigenvalue weighted by Gasteiger charge is 1.90. The molecule has 0 saturated heterocycles. The third-order valence-electron chi connectivity index (χ3n) is 2.96. The third kappa shape index (κ3) is 15.4. The minimum atomic E-state index is 0.709. The fourth-order valence-corrected chi connectivity index (χ4v) is 1.74. The summed E-state index contributed by atoms with van der Waals surface area (Å²) in [5, 5.41) is 10.1. The first-order valence-electron chi connectivity index (χ1n) is 7.78. The predicted octanol–water partition coefficient (Wildman–Crippen LogP) is 1.41. The van der Waals surface area contributed by atoms with Crippen LogP contribution in [0.3, 0.4) is 0 Å². The molecule has 0 aliphatic heterocycles. The summed E-state index contributed by atoms with van der Waals surface area (Å²) < 4.78 is 0. The summed E-state index contributed by atoms with van der Waals surface area (Å²) in [5.41, 5.74) is 8.26. The van der Waals surface area contributed by atoms with Crippen molar-refractivity contribution in [3.8, 4) is 0 Å². The van der Waals surface area contributed by atoms with Crippen LogP contribution in [0.2, 0.25) is 0 Å². The number of hydrogen-bond acceptors (Lipinski definition) is 4. The highest BCUT2D eigenvalue weighted by molar-refractivity contribution is 5.02. The summed E-state index contributed by atoms with van der Waals surface area (Å²) in [6.45, 7) is 13.1. The quantitative estimate of drug-likeness (QED) is 0.305. The second-order valence-corrected chi connectivity index (χ2v) is 5.36. The molecule has 0 bridgehead atoms. The van der Waals surface area contributed by atoms with Crippen LogP contribution in [0.15, 0.2) is 23.3 Å². The lowest BCUT2D eigenvalue weighted by Crippen LogP contribution is -2.34. The summed E-state index contributed by atoms with van der Waals surface area (Å²) in [6.07, 6.45) is 6.91. The molecule has 0 atom stereocenters. The SMILES string of the molecule is CC(C)=CCC/C(C)=C/CNCCNCCNCCN. The lowest BCUT2D eigenvalue weighted by Gasteiger charge is -2.06. The lowest BCUT2D eigenvalue weighted by atomic mass is 10.1. The first kappa shape index (κ1) is 19.3. The van der Waals surface area contributed by atoms with Gasteiger partial charge in [-0.3, -0.25) is 0 Å². The summed E-state index contributed by atoms with van der Waals surface area (Å²) in [4.78, 5) is 0. The molecule has 0 aliphatic carbocycles. The van der Waals surface area contributed by atoms with E-state index in [0.717, 1.165) is 52.1 Å². The zero-order valence-electron chi connectivity index (χ0n) is 13.6. The van der Waals surface area contributed by atoms with Crippen molar-refractivity contribution < 1.29 is 0 Å². The molecule has 0 aromatic rings. The van der Waals surface area contributed by atoms with Gasteiger partial charge in [0.15, 0.2) is 0 Å². The molecule has 0 saturated carbocycles. The topological polar surface area (TPSA) is 62.1 Å². The van der Waals surface area contributed by atoms with Crippen molar-refractivity contribution >= 4 is 0 Å². The molecule has 0 aromatic carbocycles. The first-order chi connectivity index (χ1) is 9.66. The molecule has 0 heterocycles. The van der Waals surface area contributed by atoms with Crippen molar-refractivity contribution in [2.75, 3.05) is 45.8 Å². The van der Waals surface area contributed by atoms with E-state index in [-0.39, 0.29) is 0 Å². The van der Waals surface area contributed by atoms with E-state index in [1.807, 2.05) is 0 Å². The number of rotatable bonds is 13. The van der Waals surface area contributed by atoms with Crippen LogP contribution in [-0.4, -0.2) is 45.8 Å². The van der Waals surface area contributed by atoms with Crippen LogP contribution in [-0.2, 0) is 0 Å². The molecule has 0 spiro atoms. The molecule has 0 aliphatic rings. The van der Waals surface area contributed by atoms with Gasteiger partial charge in [0, 0.05) is 45.8 Å². The fourth-order valence-electron chi connectivity index (χ4n) is 1.74. The molecule has 0 fully saturated rings. The number of nitrogens with one attached hydrogen (secondary N) is 3. The molecule has 0 radical (unpaired) electrons. The maximum Gasteiger partial charge on any atom is 0.0137 e.